The van der Waals surface area contributed by atoms with E-state index in [0.29, 0.717) is 6.61 Å². The van der Waals surface area contributed by atoms with E-state index < -0.39 is 0 Å². The minimum Gasteiger partial charge on any atom is -0.463 e. The zero-order valence-electron chi connectivity index (χ0n) is 12.2. The summed E-state index contributed by atoms with van der Waals surface area (Å²) in [4.78, 5) is 13.9. The summed E-state index contributed by atoms with van der Waals surface area (Å²) < 4.78 is 4.95. The summed E-state index contributed by atoms with van der Waals surface area (Å²) >= 11 is 0. The second-order valence-corrected chi connectivity index (χ2v) is 5.13. The molecule has 1 aliphatic rings. The number of rotatable bonds is 5. The van der Waals surface area contributed by atoms with Gasteiger partial charge in [-0.3, -0.25) is 0 Å². The molecule has 1 aromatic carbocycles. The molecule has 1 aliphatic heterocycles. The van der Waals surface area contributed by atoms with Crippen LogP contribution in [0.4, 0.5) is 0 Å². The molecule has 0 spiro atoms. The molecule has 1 heterocycles. The van der Waals surface area contributed by atoms with Crippen molar-refractivity contribution < 1.29 is 9.53 Å². The minimum absolute atomic E-state index is 0.194. The lowest BCUT2D eigenvalue weighted by Crippen LogP contribution is -2.32. The van der Waals surface area contributed by atoms with Gasteiger partial charge in [0.05, 0.1) is 6.61 Å². The summed E-state index contributed by atoms with van der Waals surface area (Å²) in [7, 11) is 0. The van der Waals surface area contributed by atoms with Gasteiger partial charge in [-0.1, -0.05) is 35.9 Å². The maximum Gasteiger partial charge on any atom is 0.330 e. The number of hydrogen-bond acceptors (Lipinski definition) is 3. The Balaban J connectivity index is 1.73. The summed E-state index contributed by atoms with van der Waals surface area (Å²) in [5.74, 6) is -0.194. The Labute approximate surface area is 121 Å². The first-order chi connectivity index (χ1) is 9.78. The lowest BCUT2D eigenvalue weighted by molar-refractivity contribution is -0.137. The Morgan fingerprint density at radius 2 is 1.95 bits per heavy atom. The average molecular weight is 273 g/mol. The van der Waals surface area contributed by atoms with E-state index >= 15 is 0 Å². The van der Waals surface area contributed by atoms with Crippen molar-refractivity contribution in [3.8, 4) is 0 Å². The zero-order valence-corrected chi connectivity index (χ0v) is 12.2. The summed E-state index contributed by atoms with van der Waals surface area (Å²) in [5.41, 5.74) is 2.61. The fraction of sp³-hybridized carbons (Fsp3) is 0.471. The molecule has 0 radical (unpaired) electrons. The molecule has 0 bridgehead atoms. The van der Waals surface area contributed by atoms with Crippen molar-refractivity contribution in [3.63, 3.8) is 0 Å². The van der Waals surface area contributed by atoms with Gasteiger partial charge < -0.3 is 9.64 Å². The predicted molar refractivity (Wildman–Crippen MR) is 80.5 cm³/mol. The van der Waals surface area contributed by atoms with Crippen molar-refractivity contribution in [1.82, 2.24) is 4.90 Å². The molecule has 3 heteroatoms. The van der Waals surface area contributed by atoms with E-state index in [-0.39, 0.29) is 5.97 Å². The van der Waals surface area contributed by atoms with E-state index in [1.54, 1.807) is 6.08 Å². The number of carbonyl (C=O) groups excluding carboxylic acids is 1. The molecule has 20 heavy (non-hydrogen) atoms. The van der Waals surface area contributed by atoms with Crippen molar-refractivity contribution in [2.24, 2.45) is 0 Å². The number of esters is 1. The second-order valence-electron chi connectivity index (χ2n) is 5.13. The van der Waals surface area contributed by atoms with Crippen molar-refractivity contribution >= 4 is 5.97 Å². The predicted octanol–water partition coefficient (Wildman–Crippen LogP) is 2.81. The molecule has 0 saturated carbocycles. The van der Waals surface area contributed by atoms with Gasteiger partial charge in [0.25, 0.3) is 0 Å². The van der Waals surface area contributed by atoms with Crippen LogP contribution in [0.5, 0.6) is 0 Å². The van der Waals surface area contributed by atoms with E-state index in [9.17, 15) is 4.79 Å². The van der Waals surface area contributed by atoms with Gasteiger partial charge in [0.15, 0.2) is 0 Å². The molecule has 2 rings (SSSR count). The molecular formula is C17H23NO2. The fourth-order valence-electron chi connectivity index (χ4n) is 2.49. The minimum atomic E-state index is -0.194. The van der Waals surface area contributed by atoms with Gasteiger partial charge in [-0.15, -0.1) is 0 Å². The van der Waals surface area contributed by atoms with Gasteiger partial charge in [0, 0.05) is 25.7 Å². The molecule has 0 atom stereocenters. The average Bonchev–Trinajstić information content (AvgIpc) is 2.48. The van der Waals surface area contributed by atoms with Crippen LogP contribution in [0.2, 0.25) is 0 Å². The van der Waals surface area contributed by atoms with Crippen molar-refractivity contribution in [2.45, 2.75) is 26.2 Å². The number of benzene rings is 1. The lowest BCUT2D eigenvalue weighted by Gasteiger charge is -2.28. The molecular weight excluding hydrogens is 250 g/mol. The number of hydrogen-bond donors (Lipinski definition) is 0. The number of carbonyl (C=O) groups is 1. The van der Waals surface area contributed by atoms with Crippen LogP contribution < -0.4 is 0 Å². The quantitative estimate of drug-likeness (QED) is 0.610. The van der Waals surface area contributed by atoms with Crippen molar-refractivity contribution in [3.05, 3.63) is 47.5 Å². The maximum atomic E-state index is 11.4. The number of piperidine rings is 1. The van der Waals surface area contributed by atoms with Crippen LogP contribution in [0.3, 0.4) is 0 Å². The topological polar surface area (TPSA) is 29.5 Å². The van der Waals surface area contributed by atoms with E-state index in [0.717, 1.165) is 38.9 Å². The third-order valence-corrected chi connectivity index (χ3v) is 3.67. The summed E-state index contributed by atoms with van der Waals surface area (Å²) in [5, 5.41) is 0. The molecule has 0 unspecified atom stereocenters. The number of ether oxygens (including phenoxy) is 1. The van der Waals surface area contributed by atoms with Crippen LogP contribution in [0.15, 0.2) is 42.0 Å². The zero-order chi connectivity index (χ0) is 14.2. The van der Waals surface area contributed by atoms with Crippen LogP contribution in [-0.2, 0) is 16.0 Å². The van der Waals surface area contributed by atoms with Crippen LogP contribution >= 0.6 is 0 Å². The molecule has 1 fully saturated rings. The third kappa shape index (κ3) is 4.82. The first kappa shape index (κ1) is 14.8. The molecule has 0 aromatic heterocycles. The monoisotopic (exact) mass is 273 g/mol. The highest BCUT2D eigenvalue weighted by Gasteiger charge is 2.14. The molecule has 1 aromatic rings. The normalized spacial score (nSPS) is 15.9. The fourth-order valence-corrected chi connectivity index (χ4v) is 2.49. The summed E-state index contributed by atoms with van der Waals surface area (Å²) in [6.45, 7) is 5.46. The molecule has 3 nitrogen and oxygen atoms in total. The first-order valence-electron chi connectivity index (χ1n) is 7.40. The molecule has 0 aliphatic carbocycles. The maximum absolute atomic E-state index is 11.4. The molecule has 0 N–H and O–H groups in total. The molecule has 1 saturated heterocycles. The largest absolute Gasteiger partial charge is 0.463 e. The highest BCUT2D eigenvalue weighted by molar-refractivity contribution is 5.82. The smallest absolute Gasteiger partial charge is 0.330 e. The molecule has 0 amide bonds. The van der Waals surface area contributed by atoms with Gasteiger partial charge in [0.1, 0.15) is 0 Å². The summed E-state index contributed by atoms with van der Waals surface area (Å²) in [6.07, 6.45) is 4.73. The van der Waals surface area contributed by atoms with Gasteiger partial charge >= 0.3 is 5.97 Å². The standard InChI is InChI=1S/C17H23NO2/c1-2-20-17(19)14-16-9-12-18(13-10-16)11-8-15-6-4-3-5-7-15/h3-7,14H,2,8-13H2,1H3. The van der Waals surface area contributed by atoms with E-state index in [4.69, 9.17) is 4.74 Å². The van der Waals surface area contributed by atoms with E-state index in [1.165, 1.54) is 11.1 Å². The van der Waals surface area contributed by atoms with Crippen LogP contribution in [0.25, 0.3) is 0 Å². The Morgan fingerprint density at radius 1 is 1.25 bits per heavy atom. The SMILES string of the molecule is CCOC(=O)C=C1CCN(CCc2ccccc2)CC1. The van der Waals surface area contributed by atoms with Crippen molar-refractivity contribution in [2.75, 3.05) is 26.2 Å². The van der Waals surface area contributed by atoms with Crippen molar-refractivity contribution in [1.29, 1.82) is 0 Å². The Hall–Kier alpha value is -1.61. The third-order valence-electron chi connectivity index (χ3n) is 3.67. The number of likely N-dealkylation sites (tertiary alicyclic amines) is 1. The highest BCUT2D eigenvalue weighted by Crippen LogP contribution is 2.16. The second kappa shape index (κ2) is 7.85. The van der Waals surface area contributed by atoms with Gasteiger partial charge in [-0.05, 0) is 31.7 Å². The Kier molecular flexibility index (Phi) is 5.81. The van der Waals surface area contributed by atoms with E-state index in [2.05, 4.69) is 35.2 Å². The van der Waals surface area contributed by atoms with Crippen LogP contribution in [0, 0.1) is 0 Å². The van der Waals surface area contributed by atoms with Crippen LogP contribution in [0.1, 0.15) is 25.3 Å². The first-order valence-corrected chi connectivity index (χ1v) is 7.40. The number of nitrogens with zero attached hydrogens (tertiary/aromatic N) is 1. The van der Waals surface area contributed by atoms with E-state index in [1.807, 2.05) is 6.92 Å². The van der Waals surface area contributed by atoms with Gasteiger partial charge in [-0.25, -0.2) is 4.79 Å². The Bertz CT molecular complexity index is 443. The van der Waals surface area contributed by atoms with Gasteiger partial charge in [0.2, 0.25) is 0 Å². The van der Waals surface area contributed by atoms with Crippen LogP contribution in [-0.4, -0.2) is 37.1 Å². The van der Waals surface area contributed by atoms with Gasteiger partial charge in [-0.2, -0.15) is 0 Å². The summed E-state index contributed by atoms with van der Waals surface area (Å²) in [6, 6.07) is 10.6. The lowest BCUT2D eigenvalue weighted by atomic mass is 10.0. The molecule has 108 valence electrons. The highest BCUT2D eigenvalue weighted by atomic mass is 16.5. The Morgan fingerprint density at radius 3 is 2.60 bits per heavy atom.